The quantitative estimate of drug-likeness (QED) is 0.159. The smallest absolute Gasteiger partial charge is 0.131 e. The van der Waals surface area contributed by atoms with Crippen LogP contribution in [-0.2, 0) is 0 Å². The van der Waals surface area contributed by atoms with Gasteiger partial charge in [0.2, 0.25) is 0 Å². The van der Waals surface area contributed by atoms with Gasteiger partial charge in [-0.05, 0) is 139 Å². The summed E-state index contributed by atoms with van der Waals surface area (Å²) in [5, 5.41) is 5.02. The first kappa shape index (κ1) is 36.0. The molecule has 62 heavy (non-hydrogen) atoms. The van der Waals surface area contributed by atoms with E-state index in [0.717, 1.165) is 40.5 Å². The normalized spacial score (nSPS) is 13.6. The van der Waals surface area contributed by atoms with E-state index in [2.05, 4.69) is 235 Å². The summed E-state index contributed by atoms with van der Waals surface area (Å²) in [5.41, 5.74) is 16.7. The van der Waals surface area contributed by atoms with E-state index in [1.165, 1.54) is 77.2 Å². The summed E-state index contributed by atoms with van der Waals surface area (Å²) in [7, 11) is 0. The minimum Gasteiger partial charge on any atom is -0.457 e. The van der Waals surface area contributed by atoms with Crippen LogP contribution in [-0.4, -0.2) is 0 Å². The van der Waals surface area contributed by atoms with E-state index in [9.17, 15) is 0 Å². The average Bonchev–Trinajstić information content (AvgIpc) is 3.34. The molecule has 1 aliphatic heterocycles. The first-order chi connectivity index (χ1) is 30.7. The number of fused-ring (bicyclic) bond motifs is 4. The van der Waals surface area contributed by atoms with E-state index in [4.69, 9.17) is 4.74 Å². The molecule has 0 spiro atoms. The lowest BCUT2D eigenvalue weighted by Crippen LogP contribution is -2.13. The largest absolute Gasteiger partial charge is 0.457 e. The molecule has 0 aromatic heterocycles. The van der Waals surface area contributed by atoms with Gasteiger partial charge in [0, 0.05) is 34.1 Å². The van der Waals surface area contributed by atoms with Gasteiger partial charge in [-0.1, -0.05) is 170 Å². The summed E-state index contributed by atoms with van der Waals surface area (Å²) in [6.07, 6.45) is 5.50. The van der Waals surface area contributed by atoms with Crippen molar-refractivity contribution in [3.8, 4) is 56.0 Å². The summed E-state index contributed by atoms with van der Waals surface area (Å²) in [5.74, 6) is 2.21. The summed E-state index contributed by atoms with van der Waals surface area (Å²) < 4.78 is 6.50. The molecule has 2 nitrogen and oxygen atoms in total. The molecule has 2 heteroatoms. The number of hydrogen-bond donors (Lipinski definition) is 0. The summed E-state index contributed by atoms with van der Waals surface area (Å²) in [4.78, 5) is 2.37. The lowest BCUT2D eigenvalue weighted by molar-refractivity contribution is 0.445. The molecule has 0 fully saturated rings. The number of hydrogen-bond acceptors (Lipinski definition) is 2. The van der Waals surface area contributed by atoms with E-state index in [-0.39, 0.29) is 5.92 Å². The Kier molecular flexibility index (Phi) is 8.67. The van der Waals surface area contributed by atoms with Gasteiger partial charge in [0.1, 0.15) is 11.5 Å². The molecule has 0 bridgehead atoms. The van der Waals surface area contributed by atoms with E-state index in [1.54, 1.807) is 0 Å². The molecule has 0 amide bonds. The van der Waals surface area contributed by atoms with Crippen molar-refractivity contribution in [3.05, 3.63) is 241 Å². The second-order valence-corrected chi connectivity index (χ2v) is 16.4. The van der Waals surface area contributed by atoms with E-state index in [1.807, 2.05) is 0 Å². The van der Waals surface area contributed by atoms with Gasteiger partial charge in [0.05, 0.1) is 0 Å². The van der Waals surface area contributed by atoms with Gasteiger partial charge in [0.25, 0.3) is 0 Å². The highest BCUT2D eigenvalue weighted by atomic mass is 16.5. The predicted octanol–water partition coefficient (Wildman–Crippen LogP) is 16.8. The van der Waals surface area contributed by atoms with Gasteiger partial charge in [-0.2, -0.15) is 0 Å². The van der Waals surface area contributed by atoms with Crippen LogP contribution in [0, 0.1) is 0 Å². The molecule has 10 aromatic rings. The molecule has 10 aromatic carbocycles. The number of anilines is 3. The Morgan fingerprint density at radius 2 is 0.984 bits per heavy atom. The molecule has 292 valence electrons. The zero-order valence-electron chi connectivity index (χ0n) is 34.1. The van der Waals surface area contributed by atoms with Crippen molar-refractivity contribution in [3.63, 3.8) is 0 Å². The number of rotatable bonds is 7. The fraction of sp³-hybridized carbons (Fsp3) is 0.0333. The highest BCUT2D eigenvalue weighted by Gasteiger charge is 2.30. The van der Waals surface area contributed by atoms with E-state index in [0.29, 0.717) is 0 Å². The lowest BCUT2D eigenvalue weighted by atomic mass is 9.79. The van der Waals surface area contributed by atoms with Crippen molar-refractivity contribution in [2.75, 3.05) is 4.90 Å². The Morgan fingerprint density at radius 3 is 1.79 bits per heavy atom. The van der Waals surface area contributed by atoms with Crippen LogP contribution in [0.1, 0.15) is 29.0 Å². The van der Waals surface area contributed by atoms with Crippen LogP contribution < -0.4 is 9.64 Å². The van der Waals surface area contributed by atoms with Gasteiger partial charge in [-0.15, -0.1) is 0 Å². The summed E-state index contributed by atoms with van der Waals surface area (Å²) in [6.45, 7) is 0. The standard InChI is InChI=1S/C60H41NO/c1-2-11-47-37-49(26-23-40(47)9-1)43-29-34-52(35-30-43)61(51-32-27-42(28-33-51)41-21-24-45(25-22-41)55-18-6-12-44-10-3-4-17-54(44)55)53-16-5-15-48(38-53)50-31-36-58-57(39-50)56-19-7-13-46-14-8-20-59(62-58)60(46)56/h1-18,20-39,56H,19H2. The number of ether oxygens (including phenoxy) is 1. The number of allylic oxidation sites excluding steroid dienone is 1. The molecule has 2 aliphatic rings. The molecule has 0 saturated carbocycles. The Balaban J connectivity index is 0.903. The van der Waals surface area contributed by atoms with Crippen LogP contribution in [0.15, 0.2) is 224 Å². The highest BCUT2D eigenvalue weighted by Crippen LogP contribution is 2.50. The van der Waals surface area contributed by atoms with Crippen LogP contribution in [0.25, 0.3) is 72.1 Å². The summed E-state index contributed by atoms with van der Waals surface area (Å²) in [6, 6.07) is 79.4. The molecular formula is C60H41NO. The second-order valence-electron chi connectivity index (χ2n) is 16.4. The van der Waals surface area contributed by atoms with Gasteiger partial charge in [-0.3, -0.25) is 0 Å². The van der Waals surface area contributed by atoms with Crippen LogP contribution in [0.2, 0.25) is 0 Å². The van der Waals surface area contributed by atoms with Crippen molar-refractivity contribution in [2.24, 2.45) is 0 Å². The minimum absolute atomic E-state index is 0.281. The van der Waals surface area contributed by atoms with Crippen molar-refractivity contribution >= 4 is 44.7 Å². The van der Waals surface area contributed by atoms with Gasteiger partial charge >= 0.3 is 0 Å². The number of nitrogens with zero attached hydrogens (tertiary/aromatic N) is 1. The summed E-state index contributed by atoms with van der Waals surface area (Å²) >= 11 is 0. The molecule has 0 saturated heterocycles. The van der Waals surface area contributed by atoms with Gasteiger partial charge < -0.3 is 9.64 Å². The van der Waals surface area contributed by atoms with Gasteiger partial charge in [0.15, 0.2) is 0 Å². The molecule has 1 heterocycles. The van der Waals surface area contributed by atoms with Crippen molar-refractivity contribution < 1.29 is 4.74 Å². The predicted molar refractivity (Wildman–Crippen MR) is 260 cm³/mol. The molecule has 1 atom stereocenters. The Bertz CT molecular complexity index is 3340. The molecular weight excluding hydrogens is 751 g/mol. The monoisotopic (exact) mass is 791 g/mol. The minimum atomic E-state index is 0.281. The maximum Gasteiger partial charge on any atom is 0.131 e. The SMILES string of the molecule is C1=Cc2cccc3c2C(C1)c1cc(-c2cccc(N(c4ccc(-c5ccc(-c6cccc7ccccc67)cc5)cc4)c4ccc(-c5ccc6ccccc6c5)cc4)c2)ccc1O3. The van der Waals surface area contributed by atoms with E-state index < -0.39 is 0 Å². The molecule has 0 radical (unpaired) electrons. The third-order valence-electron chi connectivity index (χ3n) is 12.8. The fourth-order valence-corrected chi connectivity index (χ4v) is 9.68. The van der Waals surface area contributed by atoms with Gasteiger partial charge in [-0.25, -0.2) is 0 Å². The zero-order valence-corrected chi connectivity index (χ0v) is 34.1. The van der Waals surface area contributed by atoms with Crippen molar-refractivity contribution in [1.82, 2.24) is 0 Å². The molecule has 0 N–H and O–H groups in total. The average molecular weight is 792 g/mol. The van der Waals surface area contributed by atoms with Crippen molar-refractivity contribution in [1.29, 1.82) is 0 Å². The number of benzene rings is 10. The second kappa shape index (κ2) is 15.0. The molecule has 12 rings (SSSR count). The maximum atomic E-state index is 6.50. The van der Waals surface area contributed by atoms with E-state index >= 15 is 0 Å². The Hall–Kier alpha value is -7.94. The third-order valence-corrected chi connectivity index (χ3v) is 12.8. The fourth-order valence-electron chi connectivity index (χ4n) is 9.68. The Labute approximate surface area is 362 Å². The molecule has 1 aliphatic carbocycles. The highest BCUT2D eigenvalue weighted by molar-refractivity contribution is 5.97. The first-order valence-corrected chi connectivity index (χ1v) is 21.5. The van der Waals surface area contributed by atoms with Crippen molar-refractivity contribution in [2.45, 2.75) is 12.3 Å². The lowest BCUT2D eigenvalue weighted by Gasteiger charge is -2.31. The first-order valence-electron chi connectivity index (χ1n) is 21.5. The third kappa shape index (κ3) is 6.36. The van der Waals surface area contributed by atoms with Crippen LogP contribution in [0.4, 0.5) is 17.1 Å². The molecule has 1 unspecified atom stereocenters. The van der Waals surface area contributed by atoms with Crippen LogP contribution >= 0.6 is 0 Å². The topological polar surface area (TPSA) is 12.5 Å². The maximum absolute atomic E-state index is 6.50. The Morgan fingerprint density at radius 1 is 0.387 bits per heavy atom. The zero-order chi connectivity index (χ0) is 41.0. The van der Waals surface area contributed by atoms with Crippen LogP contribution in [0.5, 0.6) is 11.5 Å². The van der Waals surface area contributed by atoms with Crippen LogP contribution in [0.3, 0.4) is 0 Å².